The number of nitrogens with two attached hydrogens (primary N) is 3. The van der Waals surface area contributed by atoms with Crippen molar-refractivity contribution in [3.8, 4) is 5.69 Å². The topological polar surface area (TPSA) is 155 Å². The SMILES string of the molecule is NCc1cccc(-n2nc(C(F)(F)F)cc2C(=O)Nc2cc(C3(N)CC3c3ccc(C(N)=O)nc3)ccc2F)c1. The van der Waals surface area contributed by atoms with Crippen LogP contribution in [0.25, 0.3) is 5.69 Å². The lowest BCUT2D eigenvalue weighted by Crippen LogP contribution is -2.23. The number of carbonyl (C=O) groups is 2. The Kier molecular flexibility index (Phi) is 6.64. The molecule has 1 aliphatic rings. The molecule has 0 bridgehead atoms. The van der Waals surface area contributed by atoms with E-state index >= 15 is 0 Å². The van der Waals surface area contributed by atoms with Crippen molar-refractivity contribution < 1.29 is 27.2 Å². The number of benzene rings is 2. The second kappa shape index (κ2) is 9.84. The fourth-order valence-electron chi connectivity index (χ4n) is 4.56. The van der Waals surface area contributed by atoms with Crippen LogP contribution in [-0.2, 0) is 18.3 Å². The molecular formula is C27H23F4N7O2. The minimum atomic E-state index is -4.83. The summed E-state index contributed by atoms with van der Waals surface area (Å²) in [4.78, 5) is 28.5. The smallest absolute Gasteiger partial charge is 0.364 e. The van der Waals surface area contributed by atoms with E-state index in [0.717, 1.165) is 16.3 Å². The van der Waals surface area contributed by atoms with Crippen molar-refractivity contribution >= 4 is 17.5 Å². The third-order valence-corrected chi connectivity index (χ3v) is 6.82. The Hall–Kier alpha value is -4.62. The molecule has 9 nitrogen and oxygen atoms in total. The summed E-state index contributed by atoms with van der Waals surface area (Å²) in [7, 11) is 0. The molecule has 2 aromatic heterocycles. The van der Waals surface area contributed by atoms with Crippen molar-refractivity contribution in [1.29, 1.82) is 0 Å². The van der Waals surface area contributed by atoms with Gasteiger partial charge in [0.2, 0.25) is 0 Å². The standard InChI is InChI=1S/C27H23F4N7O2/c28-19-6-5-16(26(34)11-18(26)15-4-7-20(24(33)39)35-13-15)9-21(19)36-25(40)22-10-23(27(29,30)31)37-38(22)17-3-1-2-14(8-17)12-32/h1-10,13,18H,11-12,32,34H2,(H2,33,39)(H,36,40). The number of amides is 2. The number of carbonyl (C=O) groups excluding carboxylic acids is 2. The highest BCUT2D eigenvalue weighted by atomic mass is 19.4. The molecule has 2 atom stereocenters. The van der Waals surface area contributed by atoms with Crippen LogP contribution in [0.4, 0.5) is 23.2 Å². The molecule has 0 spiro atoms. The van der Waals surface area contributed by atoms with E-state index in [2.05, 4.69) is 15.4 Å². The molecule has 1 aliphatic carbocycles. The molecule has 40 heavy (non-hydrogen) atoms. The summed E-state index contributed by atoms with van der Waals surface area (Å²) in [5.74, 6) is -2.70. The minimum absolute atomic E-state index is 0.0986. The summed E-state index contributed by atoms with van der Waals surface area (Å²) >= 11 is 0. The molecule has 2 heterocycles. The van der Waals surface area contributed by atoms with Gasteiger partial charge in [0.15, 0.2) is 5.69 Å². The first-order chi connectivity index (χ1) is 18.9. The minimum Gasteiger partial charge on any atom is -0.364 e. The molecule has 13 heteroatoms. The van der Waals surface area contributed by atoms with Crippen LogP contribution in [0.15, 0.2) is 66.9 Å². The lowest BCUT2D eigenvalue weighted by molar-refractivity contribution is -0.141. The van der Waals surface area contributed by atoms with Gasteiger partial charge in [-0.3, -0.25) is 14.6 Å². The Morgan fingerprint density at radius 1 is 1.10 bits per heavy atom. The maximum absolute atomic E-state index is 14.8. The summed E-state index contributed by atoms with van der Waals surface area (Å²) < 4.78 is 56.1. The van der Waals surface area contributed by atoms with Crippen LogP contribution in [0.2, 0.25) is 0 Å². The summed E-state index contributed by atoms with van der Waals surface area (Å²) in [6.45, 7) is 0.119. The van der Waals surface area contributed by atoms with Crippen LogP contribution in [0, 0.1) is 5.82 Å². The molecule has 0 aliphatic heterocycles. The zero-order chi connectivity index (χ0) is 28.8. The van der Waals surface area contributed by atoms with E-state index in [9.17, 15) is 27.2 Å². The monoisotopic (exact) mass is 553 g/mol. The molecule has 7 N–H and O–H groups in total. The Morgan fingerprint density at radius 2 is 1.88 bits per heavy atom. The average Bonchev–Trinajstić information content (AvgIpc) is 3.40. The van der Waals surface area contributed by atoms with Gasteiger partial charge in [-0.15, -0.1) is 0 Å². The number of anilines is 1. The van der Waals surface area contributed by atoms with Gasteiger partial charge in [0.05, 0.1) is 11.4 Å². The molecule has 1 saturated carbocycles. The Bertz CT molecular complexity index is 1620. The number of halogens is 4. The van der Waals surface area contributed by atoms with E-state index in [0.29, 0.717) is 23.6 Å². The number of alkyl halides is 3. The second-order valence-corrected chi connectivity index (χ2v) is 9.49. The first-order valence-electron chi connectivity index (χ1n) is 12.0. The van der Waals surface area contributed by atoms with Crippen molar-refractivity contribution in [2.24, 2.45) is 17.2 Å². The molecule has 2 aromatic carbocycles. The number of hydrogen-bond acceptors (Lipinski definition) is 6. The van der Waals surface area contributed by atoms with Crippen molar-refractivity contribution in [1.82, 2.24) is 14.8 Å². The van der Waals surface area contributed by atoms with Crippen LogP contribution >= 0.6 is 0 Å². The third-order valence-electron chi connectivity index (χ3n) is 6.82. The zero-order valence-corrected chi connectivity index (χ0v) is 20.7. The van der Waals surface area contributed by atoms with E-state index in [1.807, 2.05) is 0 Å². The van der Waals surface area contributed by atoms with Gasteiger partial charge in [-0.05, 0) is 53.4 Å². The van der Waals surface area contributed by atoms with Crippen molar-refractivity contribution in [2.45, 2.75) is 30.6 Å². The Morgan fingerprint density at radius 3 is 2.52 bits per heavy atom. The molecule has 2 amide bonds. The van der Waals surface area contributed by atoms with E-state index < -0.39 is 40.7 Å². The summed E-state index contributed by atoms with van der Waals surface area (Å²) in [5.41, 5.74) is 16.6. The molecular weight excluding hydrogens is 530 g/mol. The van der Waals surface area contributed by atoms with Gasteiger partial charge in [-0.1, -0.05) is 24.3 Å². The lowest BCUT2D eigenvalue weighted by atomic mass is 9.99. The summed E-state index contributed by atoms with van der Waals surface area (Å²) in [6.07, 6.45) is -2.86. The molecule has 2 unspecified atom stereocenters. The number of nitrogens with one attached hydrogen (secondary N) is 1. The molecule has 206 valence electrons. The fourth-order valence-corrected chi connectivity index (χ4v) is 4.56. The first-order valence-corrected chi connectivity index (χ1v) is 12.0. The highest BCUT2D eigenvalue weighted by Gasteiger charge is 2.53. The van der Waals surface area contributed by atoms with Gasteiger partial charge in [0, 0.05) is 30.3 Å². The van der Waals surface area contributed by atoms with E-state index in [1.165, 1.54) is 36.5 Å². The fraction of sp³-hybridized carbons (Fsp3) is 0.185. The Balaban J connectivity index is 1.44. The highest BCUT2D eigenvalue weighted by Crippen LogP contribution is 2.56. The molecule has 0 radical (unpaired) electrons. The first kappa shape index (κ1) is 27.0. The van der Waals surface area contributed by atoms with Crippen LogP contribution < -0.4 is 22.5 Å². The second-order valence-electron chi connectivity index (χ2n) is 9.49. The highest BCUT2D eigenvalue weighted by molar-refractivity contribution is 6.03. The lowest BCUT2D eigenvalue weighted by Gasteiger charge is -2.15. The molecule has 5 rings (SSSR count). The third kappa shape index (κ3) is 5.03. The zero-order valence-electron chi connectivity index (χ0n) is 20.7. The van der Waals surface area contributed by atoms with E-state index in [1.54, 1.807) is 18.2 Å². The Labute approximate surface area is 225 Å². The van der Waals surface area contributed by atoms with E-state index in [4.69, 9.17) is 17.2 Å². The van der Waals surface area contributed by atoms with Gasteiger partial charge in [-0.25, -0.2) is 9.07 Å². The number of hydrogen-bond donors (Lipinski definition) is 4. The van der Waals surface area contributed by atoms with Crippen LogP contribution in [0.3, 0.4) is 0 Å². The number of pyridine rings is 1. The summed E-state index contributed by atoms with van der Waals surface area (Å²) in [5, 5.41) is 5.94. The van der Waals surface area contributed by atoms with Crippen LogP contribution in [-0.4, -0.2) is 26.6 Å². The largest absolute Gasteiger partial charge is 0.435 e. The van der Waals surface area contributed by atoms with E-state index in [-0.39, 0.29) is 29.5 Å². The quantitative estimate of drug-likeness (QED) is 0.257. The van der Waals surface area contributed by atoms with Crippen LogP contribution in [0.5, 0.6) is 0 Å². The van der Waals surface area contributed by atoms with Crippen molar-refractivity contribution in [3.63, 3.8) is 0 Å². The van der Waals surface area contributed by atoms with Gasteiger partial charge < -0.3 is 22.5 Å². The summed E-state index contributed by atoms with van der Waals surface area (Å²) in [6, 6.07) is 13.9. The number of nitrogens with zero attached hydrogens (tertiary/aromatic N) is 3. The van der Waals surface area contributed by atoms with Crippen LogP contribution in [0.1, 0.15) is 55.7 Å². The van der Waals surface area contributed by atoms with Gasteiger partial charge in [0.25, 0.3) is 11.8 Å². The molecule has 1 fully saturated rings. The average molecular weight is 554 g/mol. The predicted molar refractivity (Wildman–Crippen MR) is 137 cm³/mol. The van der Waals surface area contributed by atoms with Gasteiger partial charge in [0.1, 0.15) is 17.2 Å². The van der Waals surface area contributed by atoms with Crippen molar-refractivity contribution in [2.75, 3.05) is 5.32 Å². The van der Waals surface area contributed by atoms with Gasteiger partial charge in [-0.2, -0.15) is 18.3 Å². The normalized spacial score (nSPS) is 18.4. The number of aromatic nitrogens is 3. The molecule has 4 aromatic rings. The van der Waals surface area contributed by atoms with Gasteiger partial charge >= 0.3 is 6.18 Å². The number of primary amides is 1. The maximum Gasteiger partial charge on any atom is 0.435 e. The molecule has 0 saturated heterocycles. The maximum atomic E-state index is 14.8. The number of rotatable bonds is 7. The van der Waals surface area contributed by atoms with Crippen molar-refractivity contribution in [3.05, 3.63) is 106 Å². The predicted octanol–water partition coefficient (Wildman–Crippen LogP) is 3.58.